The molecule has 0 nitrogen and oxygen atoms in total. The van der Waals surface area contributed by atoms with Gasteiger partial charge in [0.1, 0.15) is 0 Å². The van der Waals surface area contributed by atoms with E-state index in [1.807, 2.05) is 83.1 Å². The number of terminal acetylenes is 1. The standard InChI is InChI=1S/2C4H10.C3H4.6C2H6/c2*1-4(2)3;1-3-2;6*1-2/h2*4H,1-3H3;1H,2H3;6*1-2H3. The van der Waals surface area contributed by atoms with Crippen molar-refractivity contribution in [3.8, 4) is 12.3 Å². The average Bonchev–Trinajstić information content (AvgIpc) is 2.58. The number of hydrogen-bond acceptors (Lipinski definition) is 0. The molecule has 0 aromatic rings. The first-order valence-corrected chi connectivity index (χ1v) is 10.3. The molecule has 0 unspecified atom stereocenters. The average molecular weight is 337 g/mol. The summed E-state index contributed by atoms with van der Waals surface area (Å²) < 4.78 is 0. The number of hydrogen-bond donors (Lipinski definition) is 0. The largest absolute Gasteiger partial charge is 0.120 e. The highest BCUT2D eigenvalue weighted by atomic mass is 13.7. The number of rotatable bonds is 0. The van der Waals surface area contributed by atoms with E-state index >= 15 is 0 Å². The SMILES string of the molecule is C#CC.CC.CC.CC.CC.CC.CC.CC(C)C.CC(C)C. The molecule has 0 aliphatic rings. The summed E-state index contributed by atoms with van der Waals surface area (Å²) in [6.07, 6.45) is 4.60. The quantitative estimate of drug-likeness (QED) is 0.386. The predicted octanol–water partition coefficient (Wildman–Crippen LogP) is 10.1. The molecule has 0 radical (unpaired) electrons. The van der Waals surface area contributed by atoms with Gasteiger partial charge in [-0.05, 0) is 18.8 Å². The van der Waals surface area contributed by atoms with Crippen molar-refractivity contribution in [2.75, 3.05) is 0 Å². The molecule has 0 rings (SSSR count). The summed E-state index contributed by atoms with van der Waals surface area (Å²) in [5.74, 6) is 3.92. The zero-order chi connectivity index (χ0) is 21.9. The van der Waals surface area contributed by atoms with Gasteiger partial charge in [-0.3, -0.25) is 0 Å². The van der Waals surface area contributed by atoms with Crippen LogP contribution < -0.4 is 0 Å². The van der Waals surface area contributed by atoms with Gasteiger partial charge in [-0.1, -0.05) is 125 Å². The highest BCUT2D eigenvalue weighted by molar-refractivity contribution is 4.73. The van der Waals surface area contributed by atoms with Crippen molar-refractivity contribution >= 4 is 0 Å². The van der Waals surface area contributed by atoms with Gasteiger partial charge in [0.05, 0.1) is 0 Å². The zero-order valence-electron chi connectivity index (χ0n) is 21.2. The summed E-state index contributed by atoms with van der Waals surface area (Å²) in [5, 5.41) is 0. The van der Waals surface area contributed by atoms with Gasteiger partial charge in [0, 0.05) is 0 Å². The summed E-state index contributed by atoms with van der Waals surface area (Å²) in [6.45, 7) is 38.7. The van der Waals surface area contributed by atoms with Gasteiger partial charge < -0.3 is 0 Å². The van der Waals surface area contributed by atoms with E-state index in [9.17, 15) is 0 Å². The van der Waals surface area contributed by atoms with Crippen molar-refractivity contribution in [3.63, 3.8) is 0 Å². The maximum atomic E-state index is 4.60. The lowest BCUT2D eigenvalue weighted by Crippen LogP contribution is -1.66. The first-order valence-electron chi connectivity index (χ1n) is 10.3. The molecule has 0 aliphatic heterocycles. The minimum atomic E-state index is 0.833. The van der Waals surface area contributed by atoms with E-state index < -0.39 is 0 Å². The summed E-state index contributed by atoms with van der Waals surface area (Å²) in [7, 11) is 0. The van der Waals surface area contributed by atoms with Crippen LogP contribution in [0.1, 0.15) is 132 Å². The molecule has 0 aromatic carbocycles. The van der Waals surface area contributed by atoms with Crippen LogP contribution in [-0.2, 0) is 0 Å². The first kappa shape index (κ1) is 57.0. The smallest absolute Gasteiger partial charge is 0.00297 e. The molecule has 0 fully saturated rings. The Morgan fingerprint density at radius 1 is 0.435 bits per heavy atom. The highest BCUT2D eigenvalue weighted by Gasteiger charge is 1.68. The lowest BCUT2D eigenvalue weighted by atomic mass is 10.3. The molecule has 0 N–H and O–H groups in total. The topological polar surface area (TPSA) is 0 Å². The van der Waals surface area contributed by atoms with Gasteiger partial charge >= 0.3 is 0 Å². The minimum absolute atomic E-state index is 0.833. The second-order valence-electron chi connectivity index (χ2n) is 3.75. The third kappa shape index (κ3) is 42600. The Kier molecular flexibility index (Phi) is 525. The van der Waals surface area contributed by atoms with E-state index in [1.165, 1.54) is 0 Å². The van der Waals surface area contributed by atoms with Crippen molar-refractivity contribution in [1.29, 1.82) is 0 Å². The Balaban J connectivity index is -0.0000000140. The van der Waals surface area contributed by atoms with E-state index in [4.69, 9.17) is 0 Å². The molecular weight excluding hydrogens is 276 g/mol. The van der Waals surface area contributed by atoms with Gasteiger partial charge in [-0.2, -0.15) is 0 Å². The van der Waals surface area contributed by atoms with Crippen molar-refractivity contribution < 1.29 is 0 Å². The molecule has 0 atom stereocenters. The molecule has 0 aromatic heterocycles. The molecule has 0 amide bonds. The molecule has 0 bridgehead atoms. The van der Waals surface area contributed by atoms with E-state index in [0.717, 1.165) is 11.8 Å². The summed E-state index contributed by atoms with van der Waals surface area (Å²) in [4.78, 5) is 0. The van der Waals surface area contributed by atoms with Crippen LogP contribution in [0.2, 0.25) is 0 Å². The fraction of sp³-hybridized carbons (Fsp3) is 0.913. The first-order chi connectivity index (χ1) is 10.9. The van der Waals surface area contributed by atoms with Crippen molar-refractivity contribution in [3.05, 3.63) is 0 Å². The second kappa shape index (κ2) is 212. The molecule has 0 saturated heterocycles. The van der Waals surface area contributed by atoms with E-state index in [-0.39, 0.29) is 0 Å². The van der Waals surface area contributed by atoms with Crippen LogP contribution in [0.15, 0.2) is 0 Å². The molecule has 0 heterocycles. The van der Waals surface area contributed by atoms with Crippen LogP contribution in [0.3, 0.4) is 0 Å². The lowest BCUT2D eigenvalue weighted by Gasteiger charge is -1.79. The Labute approximate surface area is 156 Å². The Morgan fingerprint density at radius 3 is 0.435 bits per heavy atom. The van der Waals surface area contributed by atoms with Crippen LogP contribution in [0.5, 0.6) is 0 Å². The van der Waals surface area contributed by atoms with Crippen molar-refractivity contribution in [2.24, 2.45) is 11.8 Å². The second-order valence-corrected chi connectivity index (χ2v) is 3.75. The van der Waals surface area contributed by atoms with Gasteiger partial charge in [0.2, 0.25) is 0 Å². The summed E-state index contributed by atoms with van der Waals surface area (Å²) >= 11 is 0. The summed E-state index contributed by atoms with van der Waals surface area (Å²) in [6, 6.07) is 0. The van der Waals surface area contributed by atoms with Crippen LogP contribution in [0.4, 0.5) is 0 Å². The molecule has 0 saturated carbocycles. The fourth-order valence-electron chi connectivity index (χ4n) is 0. The maximum absolute atomic E-state index is 4.60. The highest BCUT2D eigenvalue weighted by Crippen LogP contribution is 1.81. The van der Waals surface area contributed by atoms with Crippen LogP contribution in [0.25, 0.3) is 0 Å². The lowest BCUT2D eigenvalue weighted by molar-refractivity contribution is 0.736. The fourth-order valence-corrected chi connectivity index (χ4v) is 0. The van der Waals surface area contributed by atoms with Gasteiger partial charge in [0.25, 0.3) is 0 Å². The maximum Gasteiger partial charge on any atom is -0.00297 e. The van der Waals surface area contributed by atoms with Gasteiger partial charge in [0.15, 0.2) is 0 Å². The third-order valence-corrected chi connectivity index (χ3v) is 0. The molecule has 0 aliphatic carbocycles. The van der Waals surface area contributed by atoms with Crippen molar-refractivity contribution in [2.45, 2.75) is 132 Å². The Bertz CT molecular complexity index is 61.0. The van der Waals surface area contributed by atoms with Crippen LogP contribution in [-0.4, -0.2) is 0 Å². The third-order valence-electron chi connectivity index (χ3n) is 0. The van der Waals surface area contributed by atoms with Gasteiger partial charge in [-0.15, -0.1) is 12.3 Å². The van der Waals surface area contributed by atoms with Crippen LogP contribution >= 0.6 is 0 Å². The molecule has 23 heavy (non-hydrogen) atoms. The van der Waals surface area contributed by atoms with E-state index in [0.29, 0.717) is 0 Å². The monoisotopic (exact) mass is 336 g/mol. The normalized spacial score (nSPS) is 5.04. The Hall–Kier alpha value is -0.440. The van der Waals surface area contributed by atoms with E-state index in [1.54, 1.807) is 6.92 Å². The Morgan fingerprint density at radius 2 is 0.435 bits per heavy atom. The summed E-state index contributed by atoms with van der Waals surface area (Å²) in [5.41, 5.74) is 0. The van der Waals surface area contributed by atoms with Crippen molar-refractivity contribution in [1.82, 2.24) is 0 Å². The predicted molar refractivity (Wildman–Crippen MR) is 124 cm³/mol. The molecule has 152 valence electrons. The van der Waals surface area contributed by atoms with Gasteiger partial charge in [-0.25, -0.2) is 0 Å². The van der Waals surface area contributed by atoms with Crippen LogP contribution in [0, 0.1) is 24.2 Å². The molecular formula is C23H60. The molecule has 0 heteroatoms. The molecule has 0 spiro atoms. The zero-order valence-corrected chi connectivity index (χ0v) is 21.2. The minimum Gasteiger partial charge on any atom is -0.120 e. The van der Waals surface area contributed by atoms with E-state index in [2.05, 4.69) is 53.9 Å².